The van der Waals surface area contributed by atoms with E-state index in [1.807, 2.05) is 0 Å². The Balaban J connectivity index is 1.90. The highest BCUT2D eigenvalue weighted by Crippen LogP contribution is 2.21. The maximum absolute atomic E-state index is 12.0. The van der Waals surface area contributed by atoms with E-state index in [4.69, 9.17) is 11.6 Å². The van der Waals surface area contributed by atoms with E-state index in [0.29, 0.717) is 16.3 Å². The van der Waals surface area contributed by atoms with Gasteiger partial charge in [-0.1, -0.05) is 29.8 Å². The van der Waals surface area contributed by atoms with Crippen molar-refractivity contribution in [1.29, 1.82) is 0 Å². The second-order valence-corrected chi connectivity index (χ2v) is 5.15. The minimum Gasteiger partial charge on any atom is -0.484 e. The normalized spacial score (nSPS) is 11.1. The zero-order valence-corrected chi connectivity index (χ0v) is 12.6. The highest BCUT2D eigenvalue weighted by molar-refractivity contribution is 6.31. The average Bonchev–Trinajstić information content (AvgIpc) is 2.48. The predicted octanol–water partition coefficient (Wildman–Crippen LogP) is 4.46. The second kappa shape index (κ2) is 7.37. The number of benzene rings is 2. The van der Waals surface area contributed by atoms with Crippen molar-refractivity contribution in [3.05, 3.63) is 59.1 Å². The van der Waals surface area contributed by atoms with E-state index >= 15 is 0 Å². The fraction of sp³-hybridized carbons (Fsp3) is 0.188. The van der Waals surface area contributed by atoms with Crippen molar-refractivity contribution in [2.24, 2.45) is 0 Å². The van der Waals surface area contributed by atoms with Crippen LogP contribution in [-0.2, 0) is 11.2 Å². The van der Waals surface area contributed by atoms with Crippen LogP contribution in [0.15, 0.2) is 48.5 Å². The zero-order chi connectivity index (χ0) is 16.9. The molecular weight excluding hydrogens is 331 g/mol. The van der Waals surface area contributed by atoms with Gasteiger partial charge in [-0.15, -0.1) is 0 Å². The summed E-state index contributed by atoms with van der Waals surface area (Å²) in [6.07, 6.45) is -4.28. The zero-order valence-electron chi connectivity index (χ0n) is 11.9. The molecule has 0 fully saturated rings. The molecule has 7 heteroatoms. The molecule has 0 bridgehead atoms. The molecule has 0 saturated heterocycles. The Morgan fingerprint density at radius 1 is 1.09 bits per heavy atom. The van der Waals surface area contributed by atoms with Gasteiger partial charge in [0.05, 0.1) is 6.42 Å². The van der Waals surface area contributed by atoms with E-state index in [1.165, 1.54) is 24.3 Å². The standard InChI is InChI=1S/C16H13ClF3NO2/c17-14-4-2-1-3-11(14)9-15(22)21-12-5-7-13(8-6-12)23-10-16(18,19)20/h1-8H,9-10H2,(H,21,22). The molecule has 0 aliphatic heterocycles. The number of alkyl halides is 3. The Kier molecular flexibility index (Phi) is 5.50. The van der Waals surface area contributed by atoms with Crippen LogP contribution in [0.25, 0.3) is 0 Å². The largest absolute Gasteiger partial charge is 0.484 e. The minimum absolute atomic E-state index is 0.0754. The molecule has 0 atom stereocenters. The second-order valence-electron chi connectivity index (χ2n) is 4.74. The van der Waals surface area contributed by atoms with Crippen LogP contribution in [0.2, 0.25) is 5.02 Å². The first-order valence-corrected chi connectivity index (χ1v) is 7.04. The summed E-state index contributed by atoms with van der Waals surface area (Å²) in [6, 6.07) is 12.6. The summed E-state index contributed by atoms with van der Waals surface area (Å²) in [5.74, 6) is -0.200. The first kappa shape index (κ1) is 17.1. The third-order valence-electron chi connectivity index (χ3n) is 2.85. The number of hydrogen-bond donors (Lipinski definition) is 1. The molecule has 2 aromatic carbocycles. The van der Waals surface area contributed by atoms with Crippen molar-refractivity contribution in [2.75, 3.05) is 11.9 Å². The van der Waals surface area contributed by atoms with Crippen LogP contribution < -0.4 is 10.1 Å². The Morgan fingerprint density at radius 2 is 1.74 bits per heavy atom. The molecule has 0 aromatic heterocycles. The van der Waals surface area contributed by atoms with Crippen molar-refractivity contribution < 1.29 is 22.7 Å². The number of hydrogen-bond acceptors (Lipinski definition) is 2. The Morgan fingerprint density at radius 3 is 2.35 bits per heavy atom. The number of carbonyl (C=O) groups is 1. The molecule has 3 nitrogen and oxygen atoms in total. The summed E-state index contributed by atoms with van der Waals surface area (Å²) >= 11 is 5.98. The van der Waals surface area contributed by atoms with Crippen molar-refractivity contribution in [3.63, 3.8) is 0 Å². The van der Waals surface area contributed by atoms with Crippen LogP contribution in [0.4, 0.5) is 18.9 Å². The molecule has 122 valence electrons. The van der Waals surface area contributed by atoms with E-state index in [0.717, 1.165) is 0 Å². The first-order chi connectivity index (χ1) is 10.8. The molecule has 0 radical (unpaired) electrons. The van der Waals surface area contributed by atoms with Gasteiger partial charge < -0.3 is 10.1 Å². The van der Waals surface area contributed by atoms with Gasteiger partial charge in [-0.3, -0.25) is 4.79 Å². The molecular formula is C16H13ClF3NO2. The lowest BCUT2D eigenvalue weighted by molar-refractivity contribution is -0.153. The third kappa shape index (κ3) is 5.83. The Hall–Kier alpha value is -2.21. The van der Waals surface area contributed by atoms with Gasteiger partial charge in [-0.2, -0.15) is 13.2 Å². The van der Waals surface area contributed by atoms with Crippen LogP contribution in [-0.4, -0.2) is 18.7 Å². The molecule has 2 aromatic rings. The van der Waals surface area contributed by atoms with E-state index in [2.05, 4.69) is 10.1 Å². The van der Waals surface area contributed by atoms with E-state index in [9.17, 15) is 18.0 Å². The number of ether oxygens (including phenoxy) is 1. The fourth-order valence-corrected chi connectivity index (χ4v) is 2.02. The molecule has 0 aliphatic rings. The highest BCUT2D eigenvalue weighted by atomic mass is 35.5. The molecule has 23 heavy (non-hydrogen) atoms. The molecule has 0 saturated carbocycles. The monoisotopic (exact) mass is 343 g/mol. The molecule has 0 heterocycles. The summed E-state index contributed by atoms with van der Waals surface area (Å²) in [6.45, 7) is -1.36. The number of rotatable bonds is 5. The van der Waals surface area contributed by atoms with Crippen LogP contribution in [0.3, 0.4) is 0 Å². The van der Waals surface area contributed by atoms with Gasteiger partial charge >= 0.3 is 6.18 Å². The number of amides is 1. The van der Waals surface area contributed by atoms with Gasteiger partial charge in [0.15, 0.2) is 6.61 Å². The smallest absolute Gasteiger partial charge is 0.422 e. The lowest BCUT2D eigenvalue weighted by atomic mass is 10.1. The molecule has 0 aliphatic carbocycles. The summed E-state index contributed by atoms with van der Waals surface area (Å²) in [5.41, 5.74) is 1.15. The molecule has 0 spiro atoms. The Bertz CT molecular complexity index is 672. The van der Waals surface area contributed by atoms with Crippen molar-refractivity contribution in [1.82, 2.24) is 0 Å². The van der Waals surface area contributed by atoms with Gasteiger partial charge in [0.1, 0.15) is 5.75 Å². The van der Waals surface area contributed by atoms with E-state index in [-0.39, 0.29) is 18.1 Å². The minimum atomic E-state index is -4.39. The number of halogens is 4. The van der Waals surface area contributed by atoms with Crippen molar-refractivity contribution in [3.8, 4) is 5.75 Å². The predicted molar refractivity (Wildman–Crippen MR) is 81.8 cm³/mol. The molecule has 0 unspecified atom stereocenters. The van der Waals surface area contributed by atoms with Crippen LogP contribution in [0.5, 0.6) is 5.75 Å². The Labute approximate surface area is 136 Å². The summed E-state index contributed by atoms with van der Waals surface area (Å²) in [5, 5.41) is 3.14. The van der Waals surface area contributed by atoms with Crippen LogP contribution in [0, 0.1) is 0 Å². The van der Waals surface area contributed by atoms with E-state index in [1.54, 1.807) is 24.3 Å². The van der Waals surface area contributed by atoms with Gasteiger partial charge in [-0.25, -0.2) is 0 Å². The van der Waals surface area contributed by atoms with Crippen molar-refractivity contribution >= 4 is 23.2 Å². The first-order valence-electron chi connectivity index (χ1n) is 6.66. The number of nitrogens with one attached hydrogen (secondary N) is 1. The van der Waals surface area contributed by atoms with E-state index < -0.39 is 12.8 Å². The number of anilines is 1. The number of carbonyl (C=O) groups excluding carboxylic acids is 1. The molecule has 1 N–H and O–H groups in total. The third-order valence-corrected chi connectivity index (χ3v) is 3.22. The maximum Gasteiger partial charge on any atom is 0.422 e. The highest BCUT2D eigenvalue weighted by Gasteiger charge is 2.28. The lowest BCUT2D eigenvalue weighted by Gasteiger charge is -2.10. The molecule has 2 rings (SSSR count). The van der Waals surface area contributed by atoms with Crippen LogP contribution >= 0.6 is 11.6 Å². The lowest BCUT2D eigenvalue weighted by Crippen LogP contribution is -2.19. The van der Waals surface area contributed by atoms with Gasteiger partial charge in [0.25, 0.3) is 0 Å². The summed E-state index contributed by atoms with van der Waals surface area (Å²) in [7, 11) is 0. The SMILES string of the molecule is O=C(Cc1ccccc1Cl)Nc1ccc(OCC(F)(F)F)cc1. The van der Waals surface area contributed by atoms with Gasteiger partial charge in [0.2, 0.25) is 5.91 Å². The average molecular weight is 344 g/mol. The quantitative estimate of drug-likeness (QED) is 0.870. The van der Waals surface area contributed by atoms with Gasteiger partial charge in [0, 0.05) is 10.7 Å². The summed E-state index contributed by atoms with van der Waals surface area (Å²) < 4.78 is 40.7. The fourth-order valence-electron chi connectivity index (χ4n) is 1.82. The molecule has 1 amide bonds. The summed E-state index contributed by atoms with van der Waals surface area (Å²) in [4.78, 5) is 11.9. The topological polar surface area (TPSA) is 38.3 Å². The maximum atomic E-state index is 12.0. The van der Waals surface area contributed by atoms with Crippen molar-refractivity contribution in [2.45, 2.75) is 12.6 Å². The van der Waals surface area contributed by atoms with Gasteiger partial charge in [-0.05, 0) is 35.9 Å². The van der Waals surface area contributed by atoms with Crippen LogP contribution in [0.1, 0.15) is 5.56 Å².